The summed E-state index contributed by atoms with van der Waals surface area (Å²) in [4.78, 5) is 14.4. The second-order valence-corrected chi connectivity index (χ2v) is 6.29. The molecule has 1 aliphatic rings. The number of aryl methyl sites for hydroxylation is 1. The fourth-order valence-corrected chi connectivity index (χ4v) is 2.68. The molecule has 0 aromatic heterocycles. The lowest BCUT2D eigenvalue weighted by Gasteiger charge is -2.29. The highest BCUT2D eigenvalue weighted by Gasteiger charge is 2.17. The van der Waals surface area contributed by atoms with Crippen LogP contribution in [0.15, 0.2) is 24.3 Å². The summed E-state index contributed by atoms with van der Waals surface area (Å²) in [7, 11) is 0. The number of aliphatic hydroxyl groups excluding tert-OH is 1. The minimum absolute atomic E-state index is 0.0837. The molecule has 1 atom stereocenters. The van der Waals surface area contributed by atoms with Gasteiger partial charge in [0.25, 0.3) is 5.91 Å². The first kappa shape index (κ1) is 17.8. The number of nitrogens with one attached hydrogen (secondary N) is 1. The van der Waals surface area contributed by atoms with E-state index < -0.39 is 6.10 Å². The van der Waals surface area contributed by atoms with Gasteiger partial charge in [-0.15, -0.1) is 0 Å². The van der Waals surface area contributed by atoms with E-state index in [1.807, 2.05) is 31.2 Å². The maximum Gasteiger partial charge on any atom is 0.260 e. The van der Waals surface area contributed by atoms with E-state index >= 15 is 0 Å². The summed E-state index contributed by atoms with van der Waals surface area (Å²) in [6, 6.07) is 7.69. The van der Waals surface area contributed by atoms with E-state index in [4.69, 9.17) is 4.74 Å². The van der Waals surface area contributed by atoms with Crippen LogP contribution in [-0.4, -0.2) is 54.3 Å². The largest absolute Gasteiger partial charge is 0.481 e. The first-order chi connectivity index (χ1) is 11.0. The first-order valence-corrected chi connectivity index (χ1v) is 8.46. The molecule has 1 saturated heterocycles. The van der Waals surface area contributed by atoms with Gasteiger partial charge in [-0.05, 0) is 51.8 Å². The molecule has 128 valence electrons. The van der Waals surface area contributed by atoms with Crippen LogP contribution in [-0.2, 0) is 4.79 Å². The number of hydrogen-bond donors (Lipinski definition) is 2. The Bertz CT molecular complexity index is 482. The van der Waals surface area contributed by atoms with E-state index in [0.29, 0.717) is 12.3 Å². The highest BCUT2D eigenvalue weighted by molar-refractivity contribution is 5.80. The van der Waals surface area contributed by atoms with Crippen LogP contribution in [0.25, 0.3) is 0 Å². The summed E-state index contributed by atoms with van der Waals surface area (Å²) in [5.74, 6) is 0.629. The summed E-state index contributed by atoms with van der Waals surface area (Å²) in [5, 5.41) is 12.4. The minimum Gasteiger partial charge on any atom is -0.481 e. The minimum atomic E-state index is -0.497. The third kappa shape index (κ3) is 6.20. The van der Waals surface area contributed by atoms with E-state index in [-0.39, 0.29) is 12.0 Å². The Morgan fingerprint density at radius 2 is 2.00 bits per heavy atom. The fraction of sp³-hybridized carbons (Fsp3) is 0.611. The number of rotatable bonds is 7. The van der Waals surface area contributed by atoms with Crippen molar-refractivity contribution in [1.82, 2.24) is 10.2 Å². The number of amides is 1. The van der Waals surface area contributed by atoms with Crippen molar-refractivity contribution in [3.63, 3.8) is 0 Å². The molecule has 1 aromatic rings. The molecule has 1 fully saturated rings. The summed E-state index contributed by atoms with van der Waals surface area (Å²) in [5.41, 5.74) is 1.17. The highest BCUT2D eigenvalue weighted by Crippen LogP contribution is 2.13. The number of hydrogen-bond acceptors (Lipinski definition) is 4. The molecule has 0 aliphatic carbocycles. The molecule has 0 bridgehead atoms. The number of likely N-dealkylation sites (tertiary alicyclic amines) is 1. The molecule has 0 radical (unpaired) electrons. The van der Waals surface area contributed by atoms with Gasteiger partial charge < -0.3 is 20.1 Å². The van der Waals surface area contributed by atoms with Crippen LogP contribution in [0.4, 0.5) is 0 Å². The molecule has 5 heteroatoms. The van der Waals surface area contributed by atoms with Gasteiger partial charge in [-0.3, -0.25) is 4.79 Å². The average Bonchev–Trinajstić information content (AvgIpc) is 2.55. The van der Waals surface area contributed by atoms with Crippen molar-refractivity contribution in [3.8, 4) is 5.75 Å². The number of carbonyl (C=O) groups is 1. The summed E-state index contributed by atoms with van der Waals surface area (Å²) < 4.78 is 5.64. The second-order valence-electron chi connectivity index (χ2n) is 6.29. The average molecular weight is 320 g/mol. The van der Waals surface area contributed by atoms with Crippen molar-refractivity contribution in [1.29, 1.82) is 0 Å². The van der Waals surface area contributed by atoms with Crippen molar-refractivity contribution >= 4 is 5.91 Å². The Kier molecular flexibility index (Phi) is 6.86. The zero-order valence-electron chi connectivity index (χ0n) is 14.1. The van der Waals surface area contributed by atoms with Gasteiger partial charge in [0.1, 0.15) is 5.75 Å². The Hall–Kier alpha value is -1.59. The van der Waals surface area contributed by atoms with Gasteiger partial charge in [-0.1, -0.05) is 17.7 Å². The second kappa shape index (κ2) is 8.89. The van der Waals surface area contributed by atoms with E-state index in [1.54, 1.807) is 6.92 Å². The lowest BCUT2D eigenvalue weighted by atomic mass is 10.1. The van der Waals surface area contributed by atoms with Crippen LogP contribution in [0.1, 0.15) is 31.7 Å². The SMILES string of the molecule is Cc1ccc(OC(C)C(=O)NCCCN2CCC(O)CC2)cc1. The van der Waals surface area contributed by atoms with Crippen molar-refractivity contribution in [3.05, 3.63) is 29.8 Å². The number of aliphatic hydroxyl groups is 1. The molecule has 2 N–H and O–H groups in total. The molecule has 1 amide bonds. The van der Waals surface area contributed by atoms with Crippen LogP contribution in [0.3, 0.4) is 0 Å². The molecule has 1 unspecified atom stereocenters. The molecule has 1 aromatic carbocycles. The summed E-state index contributed by atoms with van der Waals surface area (Å²) in [6.45, 7) is 7.29. The molecule has 0 saturated carbocycles. The van der Waals surface area contributed by atoms with Gasteiger partial charge in [-0.2, -0.15) is 0 Å². The Balaban J connectivity index is 1.61. The van der Waals surface area contributed by atoms with E-state index in [0.717, 1.165) is 38.9 Å². The molecule has 2 rings (SSSR count). The van der Waals surface area contributed by atoms with Crippen molar-refractivity contribution in [2.24, 2.45) is 0 Å². The zero-order chi connectivity index (χ0) is 16.7. The number of ether oxygens (including phenoxy) is 1. The molecular weight excluding hydrogens is 292 g/mol. The number of piperidine rings is 1. The molecule has 0 spiro atoms. The fourth-order valence-electron chi connectivity index (χ4n) is 2.68. The zero-order valence-corrected chi connectivity index (χ0v) is 14.1. The van der Waals surface area contributed by atoms with Crippen molar-refractivity contribution < 1.29 is 14.6 Å². The molecule has 1 aliphatic heterocycles. The van der Waals surface area contributed by atoms with Gasteiger partial charge >= 0.3 is 0 Å². The van der Waals surface area contributed by atoms with Crippen LogP contribution >= 0.6 is 0 Å². The number of benzene rings is 1. The lowest BCUT2D eigenvalue weighted by Crippen LogP contribution is -2.39. The third-order valence-corrected chi connectivity index (χ3v) is 4.21. The monoisotopic (exact) mass is 320 g/mol. The Morgan fingerprint density at radius 3 is 2.65 bits per heavy atom. The number of carbonyl (C=O) groups excluding carboxylic acids is 1. The van der Waals surface area contributed by atoms with Gasteiger partial charge in [0.2, 0.25) is 0 Å². The van der Waals surface area contributed by atoms with Gasteiger partial charge in [0, 0.05) is 19.6 Å². The Morgan fingerprint density at radius 1 is 1.35 bits per heavy atom. The van der Waals surface area contributed by atoms with Crippen LogP contribution in [0.2, 0.25) is 0 Å². The van der Waals surface area contributed by atoms with Gasteiger partial charge in [-0.25, -0.2) is 0 Å². The molecule has 5 nitrogen and oxygen atoms in total. The standard InChI is InChI=1S/C18H28N2O3/c1-14-4-6-17(7-5-14)23-15(2)18(22)19-10-3-11-20-12-8-16(21)9-13-20/h4-7,15-16,21H,3,8-13H2,1-2H3,(H,19,22). The first-order valence-electron chi connectivity index (χ1n) is 8.46. The lowest BCUT2D eigenvalue weighted by molar-refractivity contribution is -0.127. The molecule has 1 heterocycles. The maximum atomic E-state index is 12.0. The highest BCUT2D eigenvalue weighted by atomic mass is 16.5. The normalized spacial score (nSPS) is 17.7. The Labute approximate surface area is 138 Å². The van der Waals surface area contributed by atoms with Crippen LogP contribution in [0, 0.1) is 6.92 Å². The van der Waals surface area contributed by atoms with Crippen molar-refractivity contribution in [2.75, 3.05) is 26.2 Å². The quantitative estimate of drug-likeness (QED) is 0.751. The predicted molar refractivity (Wildman–Crippen MR) is 90.6 cm³/mol. The van der Waals surface area contributed by atoms with Crippen molar-refractivity contribution in [2.45, 2.75) is 45.3 Å². The van der Waals surface area contributed by atoms with Crippen LogP contribution < -0.4 is 10.1 Å². The predicted octanol–water partition coefficient (Wildman–Crippen LogP) is 1.73. The van der Waals surface area contributed by atoms with Crippen LogP contribution in [0.5, 0.6) is 5.75 Å². The van der Waals surface area contributed by atoms with E-state index in [1.165, 1.54) is 5.56 Å². The maximum absolute atomic E-state index is 12.0. The smallest absolute Gasteiger partial charge is 0.260 e. The number of nitrogens with zero attached hydrogens (tertiary/aromatic N) is 1. The summed E-state index contributed by atoms with van der Waals surface area (Å²) >= 11 is 0. The van der Waals surface area contributed by atoms with Gasteiger partial charge in [0.15, 0.2) is 6.10 Å². The van der Waals surface area contributed by atoms with E-state index in [2.05, 4.69) is 10.2 Å². The third-order valence-electron chi connectivity index (χ3n) is 4.21. The summed E-state index contributed by atoms with van der Waals surface area (Å²) in [6.07, 6.45) is 1.99. The van der Waals surface area contributed by atoms with Gasteiger partial charge in [0.05, 0.1) is 6.10 Å². The topological polar surface area (TPSA) is 61.8 Å². The molecular formula is C18H28N2O3. The van der Waals surface area contributed by atoms with E-state index in [9.17, 15) is 9.90 Å². The molecule has 23 heavy (non-hydrogen) atoms.